The smallest absolute Gasteiger partial charge is 0.328 e. The molecule has 3 fully saturated rings. The van der Waals surface area contributed by atoms with E-state index >= 15 is 0 Å². The van der Waals surface area contributed by atoms with Crippen LogP contribution in [0.2, 0.25) is 0 Å². The molecule has 1 N–H and O–H groups in total. The number of pyridine rings is 1. The number of aromatic nitrogens is 1. The summed E-state index contributed by atoms with van der Waals surface area (Å²) in [5.74, 6) is -0.488. The quantitative estimate of drug-likeness (QED) is 0.586. The summed E-state index contributed by atoms with van der Waals surface area (Å²) in [4.78, 5) is 17.7. The van der Waals surface area contributed by atoms with Crippen LogP contribution in [-0.4, -0.2) is 36.3 Å². The fourth-order valence-corrected chi connectivity index (χ4v) is 7.75. The Labute approximate surface area is 212 Å². The molecule has 7 nitrogen and oxygen atoms in total. The molecule has 6 atom stereocenters. The molecule has 3 unspecified atom stereocenters. The number of allylic oxidation sites excluding steroid dienone is 1. The van der Waals surface area contributed by atoms with Gasteiger partial charge in [-0.15, -0.1) is 0 Å². The molecule has 0 radical (unpaired) electrons. The van der Waals surface area contributed by atoms with E-state index in [4.69, 9.17) is 4.74 Å². The average molecular weight is 506 g/mol. The summed E-state index contributed by atoms with van der Waals surface area (Å²) < 4.78 is 34.4. The van der Waals surface area contributed by atoms with Crippen molar-refractivity contribution in [2.75, 3.05) is 0 Å². The lowest BCUT2D eigenvalue weighted by Gasteiger charge is -2.47. The van der Waals surface area contributed by atoms with Crippen molar-refractivity contribution in [3.8, 4) is 17.2 Å². The van der Waals surface area contributed by atoms with E-state index in [9.17, 15) is 18.5 Å². The molecule has 5 rings (SSSR count). The zero-order chi connectivity index (χ0) is 25.7. The molecule has 0 spiro atoms. The molecule has 2 saturated carbocycles. The van der Waals surface area contributed by atoms with Gasteiger partial charge in [-0.05, 0) is 62.1 Å². The van der Waals surface area contributed by atoms with Gasteiger partial charge in [0.15, 0.2) is 0 Å². The average Bonchev–Trinajstić information content (AvgIpc) is 3.68. The Morgan fingerprint density at radius 3 is 2.58 bits per heavy atom. The van der Waals surface area contributed by atoms with E-state index in [1.165, 1.54) is 0 Å². The van der Waals surface area contributed by atoms with E-state index in [0.29, 0.717) is 24.8 Å². The number of sulfonamides is 1. The van der Waals surface area contributed by atoms with Crippen molar-refractivity contribution in [1.29, 1.82) is 5.26 Å². The highest BCUT2D eigenvalue weighted by Crippen LogP contribution is 2.52. The van der Waals surface area contributed by atoms with Crippen molar-refractivity contribution in [1.82, 2.24) is 9.71 Å². The molecule has 1 aromatic heterocycles. The zero-order valence-electron chi connectivity index (χ0n) is 20.7. The van der Waals surface area contributed by atoms with Crippen LogP contribution >= 0.6 is 0 Å². The number of esters is 1. The summed E-state index contributed by atoms with van der Waals surface area (Å²) in [7, 11) is -3.59. The molecule has 0 amide bonds. The van der Waals surface area contributed by atoms with Crippen molar-refractivity contribution < 1.29 is 17.9 Å². The second-order valence-corrected chi connectivity index (χ2v) is 12.5. The number of nitrogens with one attached hydrogen (secondary N) is 1. The van der Waals surface area contributed by atoms with Gasteiger partial charge >= 0.3 is 5.97 Å². The fourth-order valence-electron chi connectivity index (χ4n) is 6.01. The van der Waals surface area contributed by atoms with Gasteiger partial charge in [0.2, 0.25) is 10.0 Å². The largest absolute Gasteiger partial charge is 0.461 e. The number of carbonyl (C=O) groups is 1. The van der Waals surface area contributed by atoms with Crippen LogP contribution in [0.5, 0.6) is 0 Å². The first-order valence-corrected chi connectivity index (χ1v) is 14.1. The van der Waals surface area contributed by atoms with Crippen molar-refractivity contribution >= 4 is 22.1 Å². The highest BCUT2D eigenvalue weighted by molar-refractivity contribution is 7.90. The lowest BCUT2D eigenvalue weighted by Crippen LogP contribution is -2.63. The van der Waals surface area contributed by atoms with E-state index < -0.39 is 32.9 Å². The van der Waals surface area contributed by atoms with Crippen molar-refractivity contribution in [3.05, 3.63) is 59.9 Å². The lowest BCUT2D eigenvalue weighted by atomic mass is 9.59. The van der Waals surface area contributed by atoms with Gasteiger partial charge in [0, 0.05) is 23.2 Å². The van der Waals surface area contributed by atoms with Gasteiger partial charge in [-0.3, -0.25) is 4.98 Å². The summed E-state index contributed by atoms with van der Waals surface area (Å²) in [5.41, 5.74) is 1.81. The summed E-state index contributed by atoms with van der Waals surface area (Å²) in [6.07, 6.45) is 7.06. The third-order valence-corrected chi connectivity index (χ3v) is 10.2. The number of benzene rings is 1. The summed E-state index contributed by atoms with van der Waals surface area (Å²) >= 11 is 0. The third kappa shape index (κ3) is 4.25. The molecule has 1 aliphatic heterocycles. The number of nitriles is 1. The van der Waals surface area contributed by atoms with Crippen LogP contribution < -0.4 is 4.72 Å². The van der Waals surface area contributed by atoms with Gasteiger partial charge in [-0.1, -0.05) is 44.2 Å². The van der Waals surface area contributed by atoms with Crippen LogP contribution in [0.15, 0.2) is 48.7 Å². The normalized spacial score (nSPS) is 32.2. The predicted molar refractivity (Wildman–Crippen MR) is 137 cm³/mol. The van der Waals surface area contributed by atoms with E-state index in [1.54, 1.807) is 12.3 Å². The first-order valence-electron chi connectivity index (χ1n) is 12.5. The van der Waals surface area contributed by atoms with Crippen molar-refractivity contribution in [3.63, 3.8) is 0 Å². The van der Waals surface area contributed by atoms with Gasteiger partial charge in [-0.25, -0.2) is 13.2 Å². The number of cyclic esters (lactones) is 1. The minimum Gasteiger partial charge on any atom is -0.461 e. The van der Waals surface area contributed by atoms with Gasteiger partial charge < -0.3 is 4.74 Å². The van der Waals surface area contributed by atoms with Gasteiger partial charge in [0.1, 0.15) is 11.6 Å². The van der Waals surface area contributed by atoms with Crippen LogP contribution in [0.4, 0.5) is 0 Å². The number of hydrogen-bond acceptors (Lipinski definition) is 6. The van der Waals surface area contributed by atoms with Crippen LogP contribution in [0.3, 0.4) is 0 Å². The van der Waals surface area contributed by atoms with E-state index in [2.05, 4.69) is 35.7 Å². The number of rotatable bonds is 6. The van der Waals surface area contributed by atoms with Gasteiger partial charge in [0.05, 0.1) is 22.6 Å². The summed E-state index contributed by atoms with van der Waals surface area (Å²) in [6, 6.07) is 13.5. The molecule has 2 aromatic rings. The maximum Gasteiger partial charge on any atom is 0.328 e. The number of hydrogen-bond donors (Lipinski definition) is 1. The molecular formula is C28H31N3O4S. The van der Waals surface area contributed by atoms with E-state index in [1.807, 2.05) is 43.3 Å². The molecule has 0 bridgehead atoms. The molecular weight excluding hydrogens is 474 g/mol. The minimum atomic E-state index is -3.59. The van der Waals surface area contributed by atoms with Crippen LogP contribution in [-0.2, 0) is 19.6 Å². The van der Waals surface area contributed by atoms with Gasteiger partial charge in [0.25, 0.3) is 0 Å². The Morgan fingerprint density at radius 1 is 1.17 bits per heavy atom. The molecule has 8 heteroatoms. The Morgan fingerprint density at radius 2 is 1.92 bits per heavy atom. The summed E-state index contributed by atoms with van der Waals surface area (Å²) in [6.45, 7) is 6.09. The second-order valence-electron chi connectivity index (χ2n) is 10.6. The molecule has 2 aliphatic carbocycles. The zero-order valence-corrected chi connectivity index (χ0v) is 21.5. The third-order valence-electron chi connectivity index (χ3n) is 8.22. The van der Waals surface area contributed by atoms with E-state index in [0.717, 1.165) is 16.8 Å². The van der Waals surface area contributed by atoms with Crippen LogP contribution in [0.1, 0.15) is 51.3 Å². The van der Waals surface area contributed by atoms with E-state index in [-0.39, 0.29) is 23.7 Å². The Balaban J connectivity index is 1.44. The number of nitrogens with zero attached hydrogens (tertiary/aromatic N) is 2. The number of carbonyl (C=O) groups excluding carboxylic acids is 1. The SMILES string of the molecule is CC1C[C@@]2(NS(=O)(=O)C3CC3)C(=O)O[C@H](C)[C@H]2C(/C=C/c2ccc(-c3ccccc3C#N)cn2)C1C. The van der Waals surface area contributed by atoms with Crippen LogP contribution in [0, 0.1) is 35.0 Å². The summed E-state index contributed by atoms with van der Waals surface area (Å²) in [5, 5.41) is 8.98. The number of ether oxygens (including phenoxy) is 1. The topological polar surface area (TPSA) is 109 Å². The highest BCUT2D eigenvalue weighted by atomic mass is 32.2. The van der Waals surface area contributed by atoms with Crippen molar-refractivity contribution in [2.24, 2.45) is 23.7 Å². The first-order chi connectivity index (χ1) is 17.2. The molecule has 3 aliphatic rings. The van der Waals surface area contributed by atoms with Crippen LogP contribution in [0.25, 0.3) is 17.2 Å². The molecule has 1 aromatic carbocycles. The maximum atomic E-state index is 13.1. The highest BCUT2D eigenvalue weighted by Gasteiger charge is 2.64. The monoisotopic (exact) mass is 505 g/mol. The number of fused-ring (bicyclic) bond motifs is 1. The first kappa shape index (κ1) is 24.7. The standard InChI is InChI=1S/C28H31N3O4S/c1-17-14-28(31-36(33,34)23-11-12-23)26(19(3)35-27(28)32)24(18(17)2)13-10-22-9-8-21(16-30-22)25-7-5-4-6-20(25)15-29/h4-10,13,16-19,23-24,26,31H,11-12,14H2,1-3H3/b13-10+/t17?,18?,19-,24?,26+,28+/m1/s1. The predicted octanol–water partition coefficient (Wildman–Crippen LogP) is 4.31. The molecule has 1 saturated heterocycles. The molecule has 188 valence electrons. The molecule has 2 heterocycles. The lowest BCUT2D eigenvalue weighted by molar-refractivity contribution is -0.146. The fraction of sp³-hybridized carbons (Fsp3) is 0.464. The molecule has 36 heavy (non-hydrogen) atoms. The Hall–Kier alpha value is -3.02. The maximum absolute atomic E-state index is 13.1. The second kappa shape index (κ2) is 9.13. The van der Waals surface area contributed by atoms with Crippen molar-refractivity contribution in [2.45, 2.75) is 56.9 Å². The van der Waals surface area contributed by atoms with Gasteiger partial charge in [-0.2, -0.15) is 9.98 Å². The minimum absolute atomic E-state index is 0.0714. The Kier molecular flexibility index (Phi) is 6.26. The Bertz CT molecular complexity index is 1340.